The van der Waals surface area contributed by atoms with Crippen molar-refractivity contribution in [3.63, 3.8) is 0 Å². The van der Waals surface area contributed by atoms with Crippen LogP contribution in [0.4, 0.5) is 16.0 Å². The average molecular weight is 350 g/mol. The van der Waals surface area contributed by atoms with Crippen LogP contribution in [-0.2, 0) is 6.54 Å². The van der Waals surface area contributed by atoms with E-state index in [0.717, 1.165) is 5.69 Å². The van der Waals surface area contributed by atoms with Crippen molar-refractivity contribution in [1.29, 1.82) is 0 Å². The third-order valence-corrected chi connectivity index (χ3v) is 3.92. The molecule has 0 unspecified atom stereocenters. The minimum absolute atomic E-state index is 0.167. The Balaban J connectivity index is 1.68. The van der Waals surface area contributed by atoms with Gasteiger partial charge in [0.2, 0.25) is 5.95 Å². The predicted molar refractivity (Wildman–Crippen MR) is 99.6 cm³/mol. The molecule has 0 atom stereocenters. The Kier molecular flexibility index (Phi) is 5.53. The van der Waals surface area contributed by atoms with Crippen molar-refractivity contribution in [1.82, 2.24) is 9.97 Å². The minimum atomic E-state index is -0.284. The van der Waals surface area contributed by atoms with E-state index in [2.05, 4.69) is 15.3 Å². The fraction of sp³-hybridized carbons (Fsp3) is 0.150. The van der Waals surface area contributed by atoms with Gasteiger partial charge in [-0.25, -0.2) is 14.4 Å². The molecule has 0 saturated carbocycles. The molecule has 1 aromatic heterocycles. The number of carbonyl (C=O) groups is 1. The molecule has 5 nitrogen and oxygen atoms in total. The molecule has 2 aromatic carbocycles. The molecule has 0 saturated heterocycles. The zero-order chi connectivity index (χ0) is 18.4. The zero-order valence-corrected chi connectivity index (χ0v) is 14.4. The third kappa shape index (κ3) is 4.03. The largest absolute Gasteiger partial charge is 0.350 e. The van der Waals surface area contributed by atoms with Gasteiger partial charge >= 0.3 is 0 Å². The highest BCUT2D eigenvalue weighted by Gasteiger charge is 2.16. The summed E-state index contributed by atoms with van der Waals surface area (Å²) < 4.78 is 13.6. The van der Waals surface area contributed by atoms with Gasteiger partial charge in [0.25, 0.3) is 5.91 Å². The summed E-state index contributed by atoms with van der Waals surface area (Å²) in [7, 11) is 0. The SMILES string of the molecule is CCN(C(=O)c1cnc(NCc2ccccc2F)nc1)c1ccccc1. The van der Waals surface area contributed by atoms with Crippen LogP contribution in [-0.4, -0.2) is 22.4 Å². The standard InChI is InChI=1S/C20H19FN4O/c1-2-25(17-9-4-3-5-10-17)19(26)16-13-23-20(24-14-16)22-12-15-8-6-7-11-18(15)21/h3-11,13-14H,2,12H2,1H3,(H,22,23,24). The number of aromatic nitrogens is 2. The third-order valence-electron chi connectivity index (χ3n) is 3.92. The lowest BCUT2D eigenvalue weighted by Gasteiger charge is -2.20. The zero-order valence-electron chi connectivity index (χ0n) is 14.4. The number of amides is 1. The second-order valence-corrected chi connectivity index (χ2v) is 5.63. The minimum Gasteiger partial charge on any atom is -0.350 e. The highest BCUT2D eigenvalue weighted by molar-refractivity contribution is 6.05. The molecular weight excluding hydrogens is 331 g/mol. The molecule has 1 heterocycles. The molecule has 0 radical (unpaired) electrons. The Hall–Kier alpha value is -3.28. The Morgan fingerprint density at radius 3 is 2.35 bits per heavy atom. The molecule has 6 heteroatoms. The first kappa shape index (κ1) is 17.5. The van der Waals surface area contributed by atoms with Gasteiger partial charge in [0, 0.05) is 36.7 Å². The number of anilines is 2. The van der Waals surface area contributed by atoms with Gasteiger partial charge in [-0.2, -0.15) is 0 Å². The Bertz CT molecular complexity index is 868. The van der Waals surface area contributed by atoms with Crippen molar-refractivity contribution in [2.24, 2.45) is 0 Å². The second kappa shape index (κ2) is 8.20. The van der Waals surface area contributed by atoms with Gasteiger partial charge in [-0.05, 0) is 25.1 Å². The van der Waals surface area contributed by atoms with Gasteiger partial charge in [0.1, 0.15) is 5.82 Å². The predicted octanol–water partition coefficient (Wildman–Crippen LogP) is 3.89. The fourth-order valence-corrected chi connectivity index (χ4v) is 2.55. The highest BCUT2D eigenvalue weighted by Crippen LogP contribution is 2.16. The summed E-state index contributed by atoms with van der Waals surface area (Å²) in [5.74, 6) is -0.111. The molecule has 0 bridgehead atoms. The van der Waals surface area contributed by atoms with E-state index in [9.17, 15) is 9.18 Å². The highest BCUT2D eigenvalue weighted by atomic mass is 19.1. The molecule has 0 aliphatic carbocycles. The summed E-state index contributed by atoms with van der Waals surface area (Å²) in [5.41, 5.74) is 1.74. The van der Waals surface area contributed by atoms with Crippen molar-refractivity contribution in [2.75, 3.05) is 16.8 Å². The van der Waals surface area contributed by atoms with Gasteiger partial charge in [-0.1, -0.05) is 36.4 Å². The normalized spacial score (nSPS) is 10.4. The summed E-state index contributed by atoms with van der Waals surface area (Å²) in [4.78, 5) is 22.7. The lowest BCUT2D eigenvalue weighted by molar-refractivity contribution is 0.0987. The number of rotatable bonds is 6. The maximum Gasteiger partial charge on any atom is 0.261 e. The smallest absolute Gasteiger partial charge is 0.261 e. The summed E-state index contributed by atoms with van der Waals surface area (Å²) in [6.07, 6.45) is 2.95. The van der Waals surface area contributed by atoms with Crippen molar-refractivity contribution < 1.29 is 9.18 Å². The van der Waals surface area contributed by atoms with Crippen LogP contribution in [0.2, 0.25) is 0 Å². The van der Waals surface area contributed by atoms with Crippen LogP contribution in [0.5, 0.6) is 0 Å². The number of halogens is 1. The quantitative estimate of drug-likeness (QED) is 0.733. The molecule has 132 valence electrons. The van der Waals surface area contributed by atoms with Crippen LogP contribution in [0.1, 0.15) is 22.8 Å². The number of carbonyl (C=O) groups excluding carboxylic acids is 1. The number of nitrogens with one attached hydrogen (secondary N) is 1. The summed E-state index contributed by atoms with van der Waals surface area (Å²) in [6, 6.07) is 15.9. The van der Waals surface area contributed by atoms with Crippen molar-refractivity contribution in [3.8, 4) is 0 Å². The number of benzene rings is 2. The van der Waals surface area contributed by atoms with Gasteiger partial charge in [-0.15, -0.1) is 0 Å². The van der Waals surface area contributed by atoms with E-state index in [0.29, 0.717) is 23.6 Å². The molecule has 1 N–H and O–H groups in total. The molecule has 3 rings (SSSR count). The summed E-state index contributed by atoms with van der Waals surface area (Å²) >= 11 is 0. The Morgan fingerprint density at radius 1 is 1.04 bits per heavy atom. The maximum atomic E-state index is 13.6. The first-order valence-corrected chi connectivity index (χ1v) is 8.35. The van der Waals surface area contributed by atoms with Crippen molar-refractivity contribution in [2.45, 2.75) is 13.5 Å². The molecule has 3 aromatic rings. The summed E-state index contributed by atoms with van der Waals surface area (Å²) in [5, 5.41) is 2.96. The van der Waals surface area contributed by atoms with E-state index < -0.39 is 0 Å². The topological polar surface area (TPSA) is 58.1 Å². The lowest BCUT2D eigenvalue weighted by Crippen LogP contribution is -2.30. The van der Waals surface area contributed by atoms with E-state index in [1.807, 2.05) is 37.3 Å². The summed E-state index contributed by atoms with van der Waals surface area (Å²) in [6.45, 7) is 2.72. The molecule has 0 spiro atoms. The van der Waals surface area contributed by atoms with Crippen LogP contribution < -0.4 is 10.2 Å². The lowest BCUT2D eigenvalue weighted by atomic mass is 10.2. The van der Waals surface area contributed by atoms with E-state index in [-0.39, 0.29) is 18.3 Å². The fourth-order valence-electron chi connectivity index (χ4n) is 2.55. The van der Waals surface area contributed by atoms with E-state index in [4.69, 9.17) is 0 Å². The number of nitrogens with zero attached hydrogens (tertiary/aromatic N) is 3. The van der Waals surface area contributed by atoms with E-state index in [1.54, 1.807) is 23.1 Å². The number of hydrogen-bond acceptors (Lipinski definition) is 4. The molecule has 26 heavy (non-hydrogen) atoms. The molecule has 0 aliphatic rings. The molecule has 0 aliphatic heterocycles. The first-order valence-electron chi connectivity index (χ1n) is 8.35. The number of hydrogen-bond donors (Lipinski definition) is 1. The van der Waals surface area contributed by atoms with Gasteiger partial charge in [-0.3, -0.25) is 4.79 Å². The van der Waals surface area contributed by atoms with Crippen LogP contribution >= 0.6 is 0 Å². The van der Waals surface area contributed by atoms with Crippen LogP contribution in [0, 0.1) is 5.82 Å². The second-order valence-electron chi connectivity index (χ2n) is 5.63. The Morgan fingerprint density at radius 2 is 1.69 bits per heavy atom. The van der Waals surface area contributed by atoms with Gasteiger partial charge < -0.3 is 10.2 Å². The van der Waals surface area contributed by atoms with Crippen LogP contribution in [0.3, 0.4) is 0 Å². The molecule has 0 fully saturated rings. The monoisotopic (exact) mass is 350 g/mol. The maximum absolute atomic E-state index is 13.6. The van der Waals surface area contributed by atoms with Crippen LogP contribution in [0.25, 0.3) is 0 Å². The van der Waals surface area contributed by atoms with Gasteiger partial charge in [0.05, 0.1) is 5.56 Å². The van der Waals surface area contributed by atoms with Crippen molar-refractivity contribution >= 4 is 17.5 Å². The van der Waals surface area contributed by atoms with Crippen molar-refractivity contribution in [3.05, 3.63) is 83.9 Å². The van der Waals surface area contributed by atoms with Crippen LogP contribution in [0.15, 0.2) is 67.0 Å². The van der Waals surface area contributed by atoms with Gasteiger partial charge in [0.15, 0.2) is 0 Å². The molecule has 1 amide bonds. The average Bonchev–Trinajstić information content (AvgIpc) is 2.69. The first-order chi connectivity index (χ1) is 12.7. The molecular formula is C20H19FN4O. The number of para-hydroxylation sites is 1. The Labute approximate surface area is 151 Å². The van der Waals surface area contributed by atoms with E-state index in [1.165, 1.54) is 18.5 Å². The van der Waals surface area contributed by atoms with E-state index >= 15 is 0 Å².